The van der Waals surface area contributed by atoms with Gasteiger partial charge in [-0.25, -0.2) is 0 Å². The largest absolute Gasteiger partial charge is 0.853 e. The lowest BCUT2D eigenvalue weighted by Gasteiger charge is -2.22. The molecule has 7 heteroatoms. The van der Waals surface area contributed by atoms with Crippen LogP contribution in [0.15, 0.2) is 97.1 Å². The maximum absolute atomic E-state index is 6.91. The van der Waals surface area contributed by atoms with E-state index in [4.69, 9.17) is 26.5 Å². The Morgan fingerprint density at radius 2 is 0.909 bits per heavy atom. The standard InChI is InChI=1S/C36H30O6.CH3.Al/c1-39-23-13-15-31(41-3)27(19-23)29-17-21-9-5-7-11-25(21)33(35(29)37)34-26-12-8-6-10-22(26)18-30(36(34)38)28-20-24(40-2)14-16-32(28)42-4;;/h5-20,37-38H,1-4H3;1H3;/q;;+2/p-2. The van der Waals surface area contributed by atoms with Gasteiger partial charge in [0.2, 0.25) is 0 Å². The van der Waals surface area contributed by atoms with Crippen molar-refractivity contribution >= 4 is 36.4 Å². The second kappa shape index (κ2) is 11.3. The van der Waals surface area contributed by atoms with Crippen molar-refractivity contribution < 1.29 is 26.5 Å². The summed E-state index contributed by atoms with van der Waals surface area (Å²) in [7, 11) is 6.71. The van der Waals surface area contributed by atoms with Crippen LogP contribution in [0.2, 0.25) is 5.79 Å². The molecule has 218 valence electrons. The molecule has 0 bridgehead atoms. The topological polar surface area (TPSA) is 55.4 Å². The highest BCUT2D eigenvalue weighted by atomic mass is 27.2. The molecular weight excluding hydrogens is 567 g/mol. The molecule has 0 saturated carbocycles. The Labute approximate surface area is 261 Å². The molecule has 7 rings (SSSR count). The molecule has 0 aromatic heterocycles. The lowest BCUT2D eigenvalue weighted by atomic mass is 9.86. The number of hydrogen-bond acceptors (Lipinski definition) is 6. The minimum absolute atomic E-state index is 0.728. The van der Waals surface area contributed by atoms with Crippen molar-refractivity contribution in [3.05, 3.63) is 97.1 Å². The minimum atomic E-state index is -2.31. The Balaban J connectivity index is 1.67. The van der Waals surface area contributed by atoms with Crippen LogP contribution in [0.25, 0.3) is 54.9 Å². The molecular formula is C37H31AlO6. The van der Waals surface area contributed by atoms with E-state index in [1.807, 2.05) is 36.4 Å². The molecule has 6 aromatic carbocycles. The highest BCUT2D eigenvalue weighted by molar-refractivity contribution is 6.46. The van der Waals surface area contributed by atoms with Gasteiger partial charge in [-0.2, -0.15) is 0 Å². The van der Waals surface area contributed by atoms with Gasteiger partial charge in [-0.05, 0) is 75.9 Å². The number of ether oxygens (including phenoxy) is 4. The third-order valence-electron chi connectivity index (χ3n) is 8.21. The maximum atomic E-state index is 6.91. The number of methoxy groups -OCH3 is 4. The van der Waals surface area contributed by atoms with Gasteiger partial charge < -0.3 is 26.5 Å². The summed E-state index contributed by atoms with van der Waals surface area (Å²) < 4.78 is 36.8. The summed E-state index contributed by atoms with van der Waals surface area (Å²) in [5.41, 5.74) is 5.56. The van der Waals surface area contributed by atoms with Crippen LogP contribution in [0.3, 0.4) is 0 Å². The molecule has 44 heavy (non-hydrogen) atoms. The molecule has 0 radical (unpaired) electrons. The zero-order valence-electron chi connectivity index (χ0n) is 25.3. The van der Waals surface area contributed by atoms with Crippen LogP contribution >= 0.6 is 0 Å². The summed E-state index contributed by atoms with van der Waals surface area (Å²) in [6.45, 7) is 0. The third kappa shape index (κ3) is 4.57. The first kappa shape index (κ1) is 28.0. The monoisotopic (exact) mass is 598 g/mol. The van der Waals surface area contributed by atoms with Gasteiger partial charge in [0.25, 0.3) is 0 Å². The Morgan fingerprint density at radius 3 is 1.32 bits per heavy atom. The molecule has 0 amide bonds. The predicted octanol–water partition coefficient (Wildman–Crippen LogP) is 8.92. The van der Waals surface area contributed by atoms with Gasteiger partial charge in [-0.1, -0.05) is 48.5 Å². The average Bonchev–Trinajstić information content (AvgIpc) is 3.23. The first-order chi connectivity index (χ1) is 21.5. The first-order valence-corrected chi connectivity index (χ1v) is 16.5. The van der Waals surface area contributed by atoms with Gasteiger partial charge in [-0.15, -0.1) is 0 Å². The SMILES string of the molecule is COc1ccc(OC)c(-c2cc3ccccc3c3c2[O][Al]([CH3])[O]c2c(-c4cc(OC)ccc4OC)cc4ccccc4c2-3)c1. The van der Waals surface area contributed by atoms with Crippen LogP contribution in [0, 0.1) is 0 Å². The van der Waals surface area contributed by atoms with Crippen molar-refractivity contribution in [3.63, 3.8) is 0 Å². The van der Waals surface area contributed by atoms with E-state index < -0.39 is 14.8 Å². The van der Waals surface area contributed by atoms with Crippen LogP contribution in [0.4, 0.5) is 0 Å². The van der Waals surface area contributed by atoms with E-state index in [-0.39, 0.29) is 0 Å². The summed E-state index contributed by atoms with van der Waals surface area (Å²) >= 11 is -2.31. The molecule has 0 aliphatic carbocycles. The van der Waals surface area contributed by atoms with Gasteiger partial charge >= 0.3 is 14.8 Å². The van der Waals surface area contributed by atoms with Gasteiger partial charge in [-0.3, -0.25) is 0 Å². The zero-order chi connectivity index (χ0) is 30.4. The number of benzene rings is 6. The molecule has 1 aliphatic heterocycles. The molecule has 6 aromatic rings. The maximum Gasteiger partial charge on any atom is 0.853 e. The highest BCUT2D eigenvalue weighted by Gasteiger charge is 2.36. The number of hydrogen-bond donors (Lipinski definition) is 0. The Kier molecular flexibility index (Phi) is 7.22. The molecule has 1 heterocycles. The van der Waals surface area contributed by atoms with Crippen LogP contribution in [0.1, 0.15) is 0 Å². The van der Waals surface area contributed by atoms with Crippen LogP contribution in [-0.2, 0) is 0 Å². The molecule has 0 fully saturated rings. The molecule has 0 saturated heterocycles. The lowest BCUT2D eigenvalue weighted by Crippen LogP contribution is -2.25. The summed E-state index contributed by atoms with van der Waals surface area (Å²) in [4.78, 5) is 0. The Bertz CT molecular complexity index is 1910. The van der Waals surface area contributed by atoms with Gasteiger partial charge in [0.05, 0.1) is 39.9 Å². The Morgan fingerprint density at radius 1 is 0.477 bits per heavy atom. The van der Waals surface area contributed by atoms with Crippen molar-refractivity contribution in [2.75, 3.05) is 28.4 Å². The number of fused-ring (bicyclic) bond motifs is 7. The third-order valence-corrected chi connectivity index (χ3v) is 9.35. The molecule has 6 nitrogen and oxygen atoms in total. The summed E-state index contributed by atoms with van der Waals surface area (Å²) in [5.74, 6) is 6.52. The first-order valence-electron chi connectivity index (χ1n) is 14.4. The molecule has 1 aliphatic rings. The van der Waals surface area contributed by atoms with Crippen molar-refractivity contribution in [3.8, 4) is 67.9 Å². The highest BCUT2D eigenvalue weighted by Crippen LogP contribution is 2.55. The fourth-order valence-corrected chi connectivity index (χ4v) is 7.41. The smallest absolute Gasteiger partial charge is 0.611 e. The van der Waals surface area contributed by atoms with Crippen LogP contribution in [-0.4, -0.2) is 43.3 Å². The summed E-state index contributed by atoms with van der Waals surface area (Å²) in [5, 5.41) is 4.29. The Hall–Kier alpha value is -4.83. The lowest BCUT2D eigenvalue weighted by molar-refractivity contribution is 0.403. The van der Waals surface area contributed by atoms with E-state index in [0.717, 1.165) is 89.4 Å². The minimum Gasteiger partial charge on any atom is -0.611 e. The van der Waals surface area contributed by atoms with E-state index >= 15 is 0 Å². The summed E-state index contributed by atoms with van der Waals surface area (Å²) in [6, 6.07) is 32.8. The fraction of sp³-hybridized carbons (Fsp3) is 0.135. The van der Waals surface area contributed by atoms with Crippen LogP contribution < -0.4 is 26.5 Å². The van der Waals surface area contributed by atoms with Crippen molar-refractivity contribution in [1.29, 1.82) is 0 Å². The van der Waals surface area contributed by atoms with Gasteiger partial charge in [0, 0.05) is 33.4 Å². The molecule has 0 spiro atoms. The molecule has 0 N–H and O–H groups in total. The van der Waals surface area contributed by atoms with E-state index in [1.54, 1.807) is 28.4 Å². The molecule has 0 atom stereocenters. The second-order valence-corrected chi connectivity index (χ2v) is 12.2. The van der Waals surface area contributed by atoms with E-state index in [0.29, 0.717) is 0 Å². The van der Waals surface area contributed by atoms with E-state index in [9.17, 15) is 0 Å². The quantitative estimate of drug-likeness (QED) is 0.179. The van der Waals surface area contributed by atoms with Crippen LogP contribution in [0.5, 0.6) is 34.5 Å². The van der Waals surface area contributed by atoms with E-state index in [1.165, 1.54) is 0 Å². The fourth-order valence-electron chi connectivity index (χ4n) is 6.20. The van der Waals surface area contributed by atoms with Gasteiger partial charge in [0.15, 0.2) is 0 Å². The molecule has 0 unspecified atom stereocenters. The zero-order valence-corrected chi connectivity index (χ0v) is 26.4. The predicted molar refractivity (Wildman–Crippen MR) is 177 cm³/mol. The van der Waals surface area contributed by atoms with Crippen molar-refractivity contribution in [2.24, 2.45) is 0 Å². The van der Waals surface area contributed by atoms with E-state index in [2.05, 4.69) is 66.4 Å². The normalized spacial score (nSPS) is 12.1. The second-order valence-electron chi connectivity index (χ2n) is 10.6. The average molecular weight is 599 g/mol. The number of rotatable bonds is 6. The summed E-state index contributed by atoms with van der Waals surface area (Å²) in [6.07, 6.45) is 0. The van der Waals surface area contributed by atoms with Gasteiger partial charge in [0.1, 0.15) is 23.0 Å². The van der Waals surface area contributed by atoms with Crippen molar-refractivity contribution in [1.82, 2.24) is 0 Å². The van der Waals surface area contributed by atoms with Crippen molar-refractivity contribution in [2.45, 2.75) is 5.79 Å².